The van der Waals surface area contributed by atoms with E-state index in [2.05, 4.69) is 5.32 Å². The van der Waals surface area contributed by atoms with Crippen LogP contribution in [0.15, 0.2) is 0 Å². The number of likely N-dealkylation sites (N-methyl/N-ethyl adjacent to an activating group) is 1. The van der Waals surface area contributed by atoms with E-state index in [9.17, 15) is 9.59 Å². The zero-order chi connectivity index (χ0) is 11.8. The minimum Gasteiger partial charge on any atom is -0.334 e. The van der Waals surface area contributed by atoms with Crippen LogP contribution in [0.4, 0.5) is 0 Å². The summed E-state index contributed by atoms with van der Waals surface area (Å²) in [5.74, 6) is 0.152. The topological polar surface area (TPSA) is 49.4 Å². The van der Waals surface area contributed by atoms with Crippen LogP contribution in [0.1, 0.15) is 27.2 Å². The number of Topliss-reactive ketones (excluding diaryl/α,β-unsaturated/α-hetero) is 1. The molecule has 4 nitrogen and oxygen atoms in total. The first-order valence-corrected chi connectivity index (χ1v) is 5.48. The molecule has 0 rings (SSSR count). The zero-order valence-electron chi connectivity index (χ0n) is 10.2. The summed E-state index contributed by atoms with van der Waals surface area (Å²) in [7, 11) is 1.83. The Kier molecular flexibility index (Phi) is 6.96. The van der Waals surface area contributed by atoms with Crippen LogP contribution < -0.4 is 5.32 Å². The van der Waals surface area contributed by atoms with Gasteiger partial charge in [0.2, 0.25) is 5.91 Å². The van der Waals surface area contributed by atoms with Crippen LogP contribution in [0.3, 0.4) is 0 Å². The number of amides is 1. The van der Waals surface area contributed by atoms with Crippen molar-refractivity contribution in [2.75, 3.05) is 26.7 Å². The maximum atomic E-state index is 11.5. The van der Waals surface area contributed by atoms with Crippen LogP contribution in [0, 0.1) is 5.92 Å². The van der Waals surface area contributed by atoms with Gasteiger partial charge in [-0.3, -0.25) is 9.59 Å². The molecule has 1 amide bonds. The molecule has 0 spiro atoms. The number of hydrogen-bond acceptors (Lipinski definition) is 3. The van der Waals surface area contributed by atoms with Gasteiger partial charge in [0.05, 0.1) is 6.54 Å². The van der Waals surface area contributed by atoms with Crippen LogP contribution in [-0.2, 0) is 9.59 Å². The molecule has 0 bridgehead atoms. The Labute approximate surface area is 92.0 Å². The van der Waals surface area contributed by atoms with Gasteiger partial charge in [-0.15, -0.1) is 0 Å². The summed E-state index contributed by atoms with van der Waals surface area (Å²) in [6.45, 7) is 7.09. The molecule has 0 atom stereocenters. The predicted molar refractivity (Wildman–Crippen MR) is 60.6 cm³/mol. The summed E-state index contributed by atoms with van der Waals surface area (Å²) in [5, 5.41) is 2.97. The highest BCUT2D eigenvalue weighted by molar-refractivity contribution is 5.87. The average molecular weight is 214 g/mol. The van der Waals surface area contributed by atoms with E-state index in [4.69, 9.17) is 0 Å². The van der Waals surface area contributed by atoms with E-state index in [1.807, 2.05) is 27.8 Å². The second-order valence-corrected chi connectivity index (χ2v) is 3.89. The summed E-state index contributed by atoms with van der Waals surface area (Å²) in [5.41, 5.74) is 0. The van der Waals surface area contributed by atoms with Gasteiger partial charge in [0.25, 0.3) is 0 Å². The first-order valence-electron chi connectivity index (χ1n) is 5.48. The van der Waals surface area contributed by atoms with Crippen molar-refractivity contribution in [3.05, 3.63) is 0 Å². The zero-order valence-corrected chi connectivity index (χ0v) is 10.2. The molecule has 0 heterocycles. The van der Waals surface area contributed by atoms with Crippen molar-refractivity contribution in [3.63, 3.8) is 0 Å². The van der Waals surface area contributed by atoms with Gasteiger partial charge in [0, 0.05) is 25.4 Å². The molecular weight excluding hydrogens is 192 g/mol. The lowest BCUT2D eigenvalue weighted by Gasteiger charge is -2.22. The molecule has 0 aromatic heterocycles. The van der Waals surface area contributed by atoms with Gasteiger partial charge in [-0.05, 0) is 7.05 Å². The molecule has 0 aliphatic heterocycles. The molecule has 0 fully saturated rings. The molecule has 0 aliphatic rings. The van der Waals surface area contributed by atoms with Gasteiger partial charge in [-0.25, -0.2) is 0 Å². The second-order valence-electron chi connectivity index (χ2n) is 3.89. The molecule has 15 heavy (non-hydrogen) atoms. The Morgan fingerprint density at radius 1 is 1.33 bits per heavy atom. The van der Waals surface area contributed by atoms with Crippen LogP contribution in [0.2, 0.25) is 0 Å². The van der Waals surface area contributed by atoms with Crippen molar-refractivity contribution in [3.8, 4) is 0 Å². The van der Waals surface area contributed by atoms with Crippen molar-refractivity contribution in [1.82, 2.24) is 10.2 Å². The molecular formula is C11H22N2O2. The molecule has 0 aliphatic carbocycles. The summed E-state index contributed by atoms with van der Waals surface area (Å²) < 4.78 is 0. The minimum atomic E-state index is -0.00765. The molecule has 0 saturated heterocycles. The maximum Gasteiger partial charge on any atom is 0.222 e. The van der Waals surface area contributed by atoms with Crippen molar-refractivity contribution >= 4 is 11.7 Å². The highest BCUT2D eigenvalue weighted by atomic mass is 16.2. The Hall–Kier alpha value is -0.900. The Morgan fingerprint density at radius 2 is 1.93 bits per heavy atom. The SMILES string of the molecule is CCC(=O)N(CCNC)CC(=O)C(C)C. The molecule has 0 radical (unpaired) electrons. The van der Waals surface area contributed by atoms with E-state index >= 15 is 0 Å². The first kappa shape index (κ1) is 14.1. The number of nitrogens with zero attached hydrogens (tertiary/aromatic N) is 1. The summed E-state index contributed by atoms with van der Waals surface area (Å²) in [4.78, 5) is 24.7. The van der Waals surface area contributed by atoms with E-state index in [1.54, 1.807) is 4.90 Å². The number of rotatable bonds is 7. The fourth-order valence-electron chi connectivity index (χ4n) is 1.13. The summed E-state index contributed by atoms with van der Waals surface area (Å²) in [6, 6.07) is 0. The molecule has 0 aromatic rings. The fraction of sp³-hybridized carbons (Fsp3) is 0.818. The fourth-order valence-corrected chi connectivity index (χ4v) is 1.13. The molecule has 0 saturated carbocycles. The van der Waals surface area contributed by atoms with Crippen LogP contribution in [0.25, 0.3) is 0 Å². The lowest BCUT2D eigenvalue weighted by atomic mass is 10.1. The van der Waals surface area contributed by atoms with Crippen LogP contribution in [0.5, 0.6) is 0 Å². The van der Waals surface area contributed by atoms with E-state index in [1.165, 1.54) is 0 Å². The van der Waals surface area contributed by atoms with Gasteiger partial charge < -0.3 is 10.2 Å². The third kappa shape index (κ3) is 5.52. The number of ketones is 1. The van der Waals surface area contributed by atoms with Crippen molar-refractivity contribution in [1.29, 1.82) is 0 Å². The maximum absolute atomic E-state index is 11.5. The largest absolute Gasteiger partial charge is 0.334 e. The minimum absolute atomic E-state index is 0.00765. The Balaban J connectivity index is 4.23. The number of carbonyl (C=O) groups is 2. The molecule has 4 heteroatoms. The third-order valence-electron chi connectivity index (χ3n) is 2.28. The van der Waals surface area contributed by atoms with Gasteiger partial charge in [-0.2, -0.15) is 0 Å². The first-order chi connectivity index (χ1) is 7.02. The molecule has 1 N–H and O–H groups in total. The standard InChI is InChI=1S/C11H22N2O2/c1-5-11(15)13(7-6-12-4)8-10(14)9(2)3/h9,12H,5-8H2,1-4H3. The van der Waals surface area contributed by atoms with Gasteiger partial charge in [-0.1, -0.05) is 20.8 Å². The van der Waals surface area contributed by atoms with Crippen molar-refractivity contribution < 1.29 is 9.59 Å². The Morgan fingerprint density at radius 3 is 2.33 bits per heavy atom. The average Bonchev–Trinajstić information content (AvgIpc) is 2.22. The van der Waals surface area contributed by atoms with E-state index in [0.29, 0.717) is 13.0 Å². The van der Waals surface area contributed by atoms with Gasteiger partial charge in [0.15, 0.2) is 5.78 Å². The van der Waals surface area contributed by atoms with Crippen LogP contribution in [-0.4, -0.2) is 43.3 Å². The predicted octanol–water partition coefficient (Wildman–Crippen LogP) is 0.669. The van der Waals surface area contributed by atoms with E-state index in [0.717, 1.165) is 6.54 Å². The van der Waals surface area contributed by atoms with Crippen molar-refractivity contribution in [2.45, 2.75) is 27.2 Å². The monoisotopic (exact) mass is 214 g/mol. The molecule has 88 valence electrons. The van der Waals surface area contributed by atoms with Crippen molar-refractivity contribution in [2.24, 2.45) is 5.92 Å². The molecule has 0 unspecified atom stereocenters. The lowest BCUT2D eigenvalue weighted by Crippen LogP contribution is -2.40. The van der Waals surface area contributed by atoms with Gasteiger partial charge in [0.1, 0.15) is 0 Å². The number of carbonyl (C=O) groups excluding carboxylic acids is 2. The highest BCUT2D eigenvalue weighted by Gasteiger charge is 2.16. The highest BCUT2D eigenvalue weighted by Crippen LogP contribution is 2.00. The second kappa shape index (κ2) is 7.40. The quantitative estimate of drug-likeness (QED) is 0.677. The summed E-state index contributed by atoms with van der Waals surface area (Å²) >= 11 is 0. The smallest absolute Gasteiger partial charge is 0.222 e. The van der Waals surface area contributed by atoms with Crippen LogP contribution >= 0.6 is 0 Å². The van der Waals surface area contributed by atoms with E-state index < -0.39 is 0 Å². The lowest BCUT2D eigenvalue weighted by molar-refractivity contribution is -0.136. The Bertz CT molecular complexity index is 215. The van der Waals surface area contributed by atoms with E-state index in [-0.39, 0.29) is 24.2 Å². The number of nitrogens with one attached hydrogen (secondary N) is 1. The molecule has 0 aromatic carbocycles. The number of hydrogen-bond donors (Lipinski definition) is 1. The third-order valence-corrected chi connectivity index (χ3v) is 2.28. The summed E-state index contributed by atoms with van der Waals surface area (Å²) in [6.07, 6.45) is 0.453. The van der Waals surface area contributed by atoms with Gasteiger partial charge >= 0.3 is 0 Å². The normalized spacial score (nSPS) is 10.5.